The average molecular weight is 300 g/mol. The molecule has 2 heterocycles. The van der Waals surface area contributed by atoms with Gasteiger partial charge in [-0.15, -0.1) is 0 Å². The summed E-state index contributed by atoms with van der Waals surface area (Å²) in [6.07, 6.45) is 0. The number of rotatable bonds is 3. The third-order valence-corrected chi connectivity index (χ3v) is 3.25. The Morgan fingerprint density at radius 3 is 2.50 bits per heavy atom. The fraction of sp³-hybridized carbons (Fsp3) is 0.312. The molecule has 0 aliphatic rings. The van der Waals surface area contributed by atoms with Gasteiger partial charge in [-0.2, -0.15) is 5.26 Å². The van der Waals surface area contributed by atoms with Gasteiger partial charge in [0.2, 0.25) is 5.76 Å². The highest BCUT2D eigenvalue weighted by atomic mass is 16.4. The number of aromatic carboxylic acids is 1. The van der Waals surface area contributed by atoms with E-state index in [4.69, 9.17) is 14.8 Å². The van der Waals surface area contributed by atoms with E-state index in [1.54, 1.807) is 6.07 Å². The molecule has 0 aromatic carbocycles. The quantitative estimate of drug-likeness (QED) is 0.938. The Labute approximate surface area is 127 Å². The lowest BCUT2D eigenvalue weighted by Crippen LogP contribution is -2.31. The van der Waals surface area contributed by atoms with E-state index in [0.717, 1.165) is 5.69 Å². The van der Waals surface area contributed by atoms with Crippen molar-refractivity contribution < 1.29 is 14.3 Å². The summed E-state index contributed by atoms with van der Waals surface area (Å²) >= 11 is 0. The summed E-state index contributed by atoms with van der Waals surface area (Å²) in [6, 6.07) is 7.96. The Hall–Kier alpha value is -2.81. The summed E-state index contributed by atoms with van der Waals surface area (Å²) in [5, 5.41) is 17.9. The summed E-state index contributed by atoms with van der Waals surface area (Å²) < 4.78 is 6.65. The van der Waals surface area contributed by atoms with Gasteiger partial charge in [-0.25, -0.2) is 4.79 Å². The topological polar surface area (TPSA) is 96.2 Å². The Balaban J connectivity index is 2.54. The highest BCUT2D eigenvalue weighted by Gasteiger charge is 2.21. The van der Waals surface area contributed by atoms with E-state index >= 15 is 0 Å². The van der Waals surface area contributed by atoms with E-state index in [2.05, 4.69) is 0 Å². The largest absolute Gasteiger partial charge is 0.475 e. The first-order valence-electron chi connectivity index (χ1n) is 6.70. The fourth-order valence-corrected chi connectivity index (χ4v) is 2.21. The van der Waals surface area contributed by atoms with Crippen molar-refractivity contribution in [2.45, 2.75) is 32.7 Å². The zero-order chi connectivity index (χ0) is 16.5. The van der Waals surface area contributed by atoms with Crippen LogP contribution in [0, 0.1) is 11.3 Å². The lowest BCUT2D eigenvalue weighted by atomic mass is 9.90. The van der Waals surface area contributed by atoms with Gasteiger partial charge < -0.3 is 14.1 Å². The van der Waals surface area contributed by atoms with Gasteiger partial charge in [-0.1, -0.05) is 20.8 Å². The van der Waals surface area contributed by atoms with Gasteiger partial charge in [-0.3, -0.25) is 4.79 Å². The van der Waals surface area contributed by atoms with Crippen molar-refractivity contribution in [3.8, 4) is 6.07 Å². The molecule has 1 N–H and O–H groups in total. The summed E-state index contributed by atoms with van der Waals surface area (Å²) in [4.78, 5) is 23.2. The van der Waals surface area contributed by atoms with Crippen molar-refractivity contribution in [1.29, 1.82) is 5.26 Å². The number of carboxylic acid groups (broad SMARTS) is 1. The smallest absolute Gasteiger partial charge is 0.371 e. The zero-order valence-electron chi connectivity index (χ0n) is 12.6. The predicted molar refractivity (Wildman–Crippen MR) is 78.9 cm³/mol. The molecular weight excluding hydrogens is 284 g/mol. The fourth-order valence-electron chi connectivity index (χ4n) is 2.21. The second-order valence-corrected chi connectivity index (χ2v) is 5.96. The molecule has 0 aliphatic heterocycles. The number of hydrogen-bond acceptors (Lipinski definition) is 4. The number of carbonyl (C=O) groups is 1. The molecule has 0 atom stereocenters. The van der Waals surface area contributed by atoms with Gasteiger partial charge in [0.05, 0.1) is 6.54 Å². The maximum atomic E-state index is 12.4. The molecule has 0 radical (unpaired) electrons. The van der Waals surface area contributed by atoms with E-state index in [-0.39, 0.29) is 23.3 Å². The molecule has 6 heteroatoms. The van der Waals surface area contributed by atoms with Crippen LogP contribution in [-0.2, 0) is 12.0 Å². The summed E-state index contributed by atoms with van der Waals surface area (Å²) in [7, 11) is 0. The standard InChI is InChI=1S/C16H16N2O4/c1-16(2,3)13-7-4-10(8-17)14(19)18(13)9-11-5-6-12(22-11)15(20)21/h4-7H,9H2,1-3H3,(H,20,21). The number of carboxylic acids is 1. The summed E-state index contributed by atoms with van der Waals surface area (Å²) in [5.74, 6) is -1.00. The Morgan fingerprint density at radius 2 is 2.00 bits per heavy atom. The zero-order valence-corrected chi connectivity index (χ0v) is 12.6. The van der Waals surface area contributed by atoms with Crippen LogP contribution in [0.3, 0.4) is 0 Å². The van der Waals surface area contributed by atoms with Crippen LogP contribution in [0.5, 0.6) is 0 Å². The van der Waals surface area contributed by atoms with Gasteiger partial charge in [0.25, 0.3) is 5.56 Å². The van der Waals surface area contributed by atoms with Crippen molar-refractivity contribution in [1.82, 2.24) is 4.57 Å². The van der Waals surface area contributed by atoms with Gasteiger partial charge in [0.15, 0.2) is 0 Å². The number of hydrogen-bond donors (Lipinski definition) is 1. The first-order valence-corrected chi connectivity index (χ1v) is 6.70. The van der Waals surface area contributed by atoms with Gasteiger partial charge in [0.1, 0.15) is 17.4 Å². The second-order valence-electron chi connectivity index (χ2n) is 5.96. The average Bonchev–Trinajstić information content (AvgIpc) is 2.88. The molecular formula is C16H16N2O4. The first-order chi connectivity index (χ1) is 10.2. The SMILES string of the molecule is CC(C)(C)c1ccc(C#N)c(=O)n1Cc1ccc(C(=O)O)o1. The number of aromatic nitrogens is 1. The van der Waals surface area contributed by atoms with Gasteiger partial charge in [-0.05, 0) is 24.3 Å². The van der Waals surface area contributed by atoms with Crippen LogP contribution in [-0.4, -0.2) is 15.6 Å². The van der Waals surface area contributed by atoms with Crippen molar-refractivity contribution in [3.05, 3.63) is 57.4 Å². The van der Waals surface area contributed by atoms with E-state index in [0.29, 0.717) is 5.76 Å². The molecule has 114 valence electrons. The van der Waals surface area contributed by atoms with E-state index < -0.39 is 11.5 Å². The maximum absolute atomic E-state index is 12.4. The minimum absolute atomic E-state index is 0.0398. The van der Waals surface area contributed by atoms with Crippen LogP contribution in [0.25, 0.3) is 0 Å². The Bertz CT molecular complexity index is 816. The molecule has 0 unspecified atom stereocenters. The van der Waals surface area contributed by atoms with Crippen LogP contribution >= 0.6 is 0 Å². The van der Waals surface area contributed by atoms with Crippen molar-refractivity contribution in [2.24, 2.45) is 0 Å². The van der Waals surface area contributed by atoms with E-state index in [1.807, 2.05) is 26.8 Å². The van der Waals surface area contributed by atoms with E-state index in [9.17, 15) is 9.59 Å². The Kier molecular flexibility index (Phi) is 3.91. The molecule has 2 aromatic rings. The third-order valence-electron chi connectivity index (χ3n) is 3.25. The van der Waals surface area contributed by atoms with E-state index in [1.165, 1.54) is 22.8 Å². The van der Waals surface area contributed by atoms with Gasteiger partial charge in [0, 0.05) is 11.1 Å². The molecule has 2 aromatic heterocycles. The van der Waals surface area contributed by atoms with Gasteiger partial charge >= 0.3 is 5.97 Å². The monoisotopic (exact) mass is 300 g/mol. The number of pyridine rings is 1. The van der Waals surface area contributed by atoms with Crippen LogP contribution < -0.4 is 5.56 Å². The molecule has 0 amide bonds. The highest BCUT2D eigenvalue weighted by Crippen LogP contribution is 2.22. The molecule has 22 heavy (non-hydrogen) atoms. The van der Waals surface area contributed by atoms with Crippen LogP contribution in [0.1, 0.15) is 48.3 Å². The highest BCUT2D eigenvalue weighted by molar-refractivity contribution is 5.84. The van der Waals surface area contributed by atoms with Crippen molar-refractivity contribution >= 4 is 5.97 Å². The molecule has 0 fully saturated rings. The Morgan fingerprint density at radius 1 is 1.32 bits per heavy atom. The number of nitriles is 1. The minimum Gasteiger partial charge on any atom is -0.475 e. The number of nitrogens with zero attached hydrogens (tertiary/aromatic N) is 2. The molecule has 2 rings (SSSR count). The molecule has 6 nitrogen and oxygen atoms in total. The normalized spacial score (nSPS) is 11.2. The molecule has 0 saturated carbocycles. The molecule has 0 bridgehead atoms. The third kappa shape index (κ3) is 2.93. The van der Waals surface area contributed by atoms with Crippen molar-refractivity contribution in [2.75, 3.05) is 0 Å². The lowest BCUT2D eigenvalue weighted by molar-refractivity contribution is 0.0660. The second kappa shape index (κ2) is 5.53. The molecule has 0 spiro atoms. The lowest BCUT2D eigenvalue weighted by Gasteiger charge is -2.23. The maximum Gasteiger partial charge on any atom is 0.371 e. The van der Waals surface area contributed by atoms with Crippen LogP contribution in [0.2, 0.25) is 0 Å². The van der Waals surface area contributed by atoms with Crippen LogP contribution in [0.4, 0.5) is 0 Å². The first kappa shape index (κ1) is 15.6. The number of furan rings is 1. The molecule has 0 saturated heterocycles. The van der Waals surface area contributed by atoms with Crippen LogP contribution in [0.15, 0.2) is 33.5 Å². The molecule has 0 aliphatic carbocycles. The van der Waals surface area contributed by atoms with Crippen molar-refractivity contribution in [3.63, 3.8) is 0 Å². The minimum atomic E-state index is -1.17. The summed E-state index contributed by atoms with van der Waals surface area (Å²) in [6.45, 7) is 5.94. The predicted octanol–water partition coefficient (Wildman–Crippen LogP) is 2.36. The summed E-state index contributed by atoms with van der Waals surface area (Å²) in [5.41, 5.74) is 0.0565.